The lowest BCUT2D eigenvalue weighted by molar-refractivity contribution is -0.122. The van der Waals surface area contributed by atoms with Crippen LogP contribution < -0.4 is 10.1 Å². The molecule has 1 N–H and O–H groups in total. The third kappa shape index (κ3) is 4.32. The second-order valence-corrected chi connectivity index (χ2v) is 7.48. The minimum absolute atomic E-state index is 0.0442. The predicted octanol–water partition coefficient (Wildman–Crippen LogP) is 3.50. The van der Waals surface area contributed by atoms with E-state index in [1.54, 1.807) is 12.3 Å². The van der Waals surface area contributed by atoms with E-state index in [1.165, 1.54) is 0 Å². The van der Waals surface area contributed by atoms with Crippen molar-refractivity contribution in [2.45, 2.75) is 38.2 Å². The highest BCUT2D eigenvalue weighted by atomic mass is 16.5. The van der Waals surface area contributed by atoms with E-state index in [4.69, 9.17) is 4.74 Å². The van der Waals surface area contributed by atoms with Crippen LogP contribution in [-0.4, -0.2) is 40.9 Å². The predicted molar refractivity (Wildman–Crippen MR) is 106 cm³/mol. The topological polar surface area (TPSA) is 71.5 Å². The van der Waals surface area contributed by atoms with Crippen LogP contribution in [0.5, 0.6) is 5.88 Å². The molecule has 1 aliphatic carbocycles. The zero-order valence-corrected chi connectivity index (χ0v) is 15.8. The van der Waals surface area contributed by atoms with Crippen LogP contribution in [0.2, 0.25) is 0 Å². The summed E-state index contributed by atoms with van der Waals surface area (Å²) in [5.74, 6) is 0.857. The molecule has 0 spiro atoms. The summed E-state index contributed by atoms with van der Waals surface area (Å²) >= 11 is 0. The number of pyridine rings is 1. The fourth-order valence-corrected chi connectivity index (χ4v) is 3.55. The Morgan fingerprint density at radius 2 is 1.75 bits per heavy atom. The van der Waals surface area contributed by atoms with Crippen molar-refractivity contribution >= 4 is 17.5 Å². The molecule has 2 aromatic rings. The molecule has 0 radical (unpaired) electrons. The monoisotopic (exact) mass is 379 g/mol. The molecule has 0 atom stereocenters. The Balaban J connectivity index is 1.25. The first-order chi connectivity index (χ1) is 13.7. The second kappa shape index (κ2) is 8.42. The average molecular weight is 379 g/mol. The molecule has 2 amide bonds. The molecule has 1 aromatic carbocycles. The summed E-state index contributed by atoms with van der Waals surface area (Å²) in [7, 11) is 0. The number of likely N-dealkylation sites (tertiary alicyclic amines) is 1. The van der Waals surface area contributed by atoms with Crippen LogP contribution in [0, 0.1) is 5.92 Å². The Kier molecular flexibility index (Phi) is 5.55. The van der Waals surface area contributed by atoms with Gasteiger partial charge in [-0.15, -0.1) is 0 Å². The van der Waals surface area contributed by atoms with E-state index in [1.807, 2.05) is 41.3 Å². The molecule has 6 nitrogen and oxygen atoms in total. The molecule has 4 rings (SSSR count). The number of anilines is 1. The third-order valence-electron chi connectivity index (χ3n) is 5.52. The van der Waals surface area contributed by atoms with Gasteiger partial charge in [-0.3, -0.25) is 9.59 Å². The molecule has 2 heterocycles. The largest absolute Gasteiger partial charge is 0.474 e. The molecule has 2 aliphatic rings. The van der Waals surface area contributed by atoms with E-state index in [0.717, 1.165) is 37.7 Å². The standard InChI is InChI=1S/C22H25N3O3/c26-21(16-7-4-8-16)24-18-9-10-20(23-15-18)28-19-11-13-25(14-12-19)22(27)17-5-2-1-3-6-17/h1-3,5-6,9-10,15-16,19H,4,7-8,11-14H2,(H,24,26). The number of rotatable bonds is 5. The van der Waals surface area contributed by atoms with Crippen LogP contribution in [-0.2, 0) is 4.79 Å². The normalized spacial score (nSPS) is 17.6. The molecular formula is C22H25N3O3. The lowest BCUT2D eigenvalue weighted by Crippen LogP contribution is -2.41. The highest BCUT2D eigenvalue weighted by Gasteiger charge is 2.26. The van der Waals surface area contributed by atoms with Gasteiger partial charge in [0.25, 0.3) is 5.91 Å². The smallest absolute Gasteiger partial charge is 0.253 e. The maximum atomic E-state index is 12.5. The number of benzene rings is 1. The first-order valence-electron chi connectivity index (χ1n) is 9.97. The maximum Gasteiger partial charge on any atom is 0.253 e. The van der Waals surface area contributed by atoms with Crippen molar-refractivity contribution in [2.75, 3.05) is 18.4 Å². The Bertz CT molecular complexity index is 811. The van der Waals surface area contributed by atoms with Gasteiger partial charge in [-0.05, 0) is 31.0 Å². The number of nitrogens with zero attached hydrogens (tertiary/aromatic N) is 2. The van der Waals surface area contributed by atoms with E-state index < -0.39 is 0 Å². The van der Waals surface area contributed by atoms with Gasteiger partial charge < -0.3 is 15.0 Å². The van der Waals surface area contributed by atoms with Gasteiger partial charge in [-0.25, -0.2) is 4.98 Å². The summed E-state index contributed by atoms with van der Waals surface area (Å²) in [6.07, 6.45) is 6.33. The number of amides is 2. The molecule has 1 aliphatic heterocycles. The molecular weight excluding hydrogens is 354 g/mol. The van der Waals surface area contributed by atoms with Gasteiger partial charge in [0.15, 0.2) is 0 Å². The fraction of sp³-hybridized carbons (Fsp3) is 0.409. The summed E-state index contributed by atoms with van der Waals surface area (Å²) in [4.78, 5) is 30.7. The van der Waals surface area contributed by atoms with E-state index in [0.29, 0.717) is 24.7 Å². The molecule has 146 valence electrons. The van der Waals surface area contributed by atoms with Crippen molar-refractivity contribution in [1.82, 2.24) is 9.88 Å². The Labute approximate surface area is 164 Å². The van der Waals surface area contributed by atoms with E-state index >= 15 is 0 Å². The number of aromatic nitrogens is 1. The highest BCUT2D eigenvalue weighted by Crippen LogP contribution is 2.27. The Morgan fingerprint density at radius 1 is 1.00 bits per heavy atom. The molecule has 0 unspecified atom stereocenters. The van der Waals surface area contributed by atoms with E-state index in [9.17, 15) is 9.59 Å². The van der Waals surface area contributed by atoms with Gasteiger partial charge >= 0.3 is 0 Å². The fourth-order valence-electron chi connectivity index (χ4n) is 3.55. The highest BCUT2D eigenvalue weighted by molar-refractivity contribution is 5.94. The van der Waals surface area contributed by atoms with Crippen LogP contribution in [0.4, 0.5) is 5.69 Å². The lowest BCUT2D eigenvalue weighted by Gasteiger charge is -2.32. The minimum atomic E-state index is 0.0442. The Hall–Kier alpha value is -2.89. The van der Waals surface area contributed by atoms with Gasteiger partial charge in [-0.2, -0.15) is 0 Å². The molecule has 2 fully saturated rings. The van der Waals surface area contributed by atoms with Crippen LogP contribution in [0.15, 0.2) is 48.7 Å². The van der Waals surface area contributed by atoms with Gasteiger partial charge in [-0.1, -0.05) is 24.6 Å². The van der Waals surface area contributed by atoms with Crippen LogP contribution in [0.3, 0.4) is 0 Å². The van der Waals surface area contributed by atoms with E-state index in [-0.39, 0.29) is 23.8 Å². The number of carbonyl (C=O) groups excluding carboxylic acids is 2. The van der Waals surface area contributed by atoms with Crippen molar-refractivity contribution in [2.24, 2.45) is 5.92 Å². The van der Waals surface area contributed by atoms with Crippen molar-refractivity contribution in [3.8, 4) is 5.88 Å². The van der Waals surface area contributed by atoms with E-state index in [2.05, 4.69) is 10.3 Å². The van der Waals surface area contributed by atoms with Crippen molar-refractivity contribution in [3.05, 3.63) is 54.2 Å². The zero-order chi connectivity index (χ0) is 19.3. The summed E-state index contributed by atoms with van der Waals surface area (Å²) < 4.78 is 5.97. The molecule has 1 saturated carbocycles. The average Bonchev–Trinajstić information content (AvgIpc) is 2.69. The SMILES string of the molecule is O=C(Nc1ccc(OC2CCN(C(=O)c3ccccc3)CC2)nc1)C1CCC1. The van der Waals surface area contributed by atoms with Gasteiger partial charge in [0.05, 0.1) is 11.9 Å². The minimum Gasteiger partial charge on any atom is -0.474 e. The number of nitrogens with one attached hydrogen (secondary N) is 1. The summed E-state index contributed by atoms with van der Waals surface area (Å²) in [5.41, 5.74) is 1.43. The second-order valence-electron chi connectivity index (χ2n) is 7.48. The van der Waals surface area contributed by atoms with Gasteiger partial charge in [0.2, 0.25) is 11.8 Å². The molecule has 6 heteroatoms. The van der Waals surface area contributed by atoms with Crippen LogP contribution >= 0.6 is 0 Å². The van der Waals surface area contributed by atoms with Crippen molar-refractivity contribution < 1.29 is 14.3 Å². The number of hydrogen-bond acceptors (Lipinski definition) is 4. The maximum absolute atomic E-state index is 12.5. The quantitative estimate of drug-likeness (QED) is 0.863. The molecule has 0 bridgehead atoms. The van der Waals surface area contributed by atoms with Crippen LogP contribution in [0.25, 0.3) is 0 Å². The first kappa shape index (κ1) is 18.5. The van der Waals surface area contributed by atoms with Crippen molar-refractivity contribution in [1.29, 1.82) is 0 Å². The molecule has 1 aromatic heterocycles. The molecule has 28 heavy (non-hydrogen) atoms. The summed E-state index contributed by atoms with van der Waals surface area (Å²) in [6, 6.07) is 13.0. The lowest BCUT2D eigenvalue weighted by atomic mass is 9.85. The van der Waals surface area contributed by atoms with Crippen molar-refractivity contribution in [3.63, 3.8) is 0 Å². The third-order valence-corrected chi connectivity index (χ3v) is 5.52. The van der Waals surface area contributed by atoms with Gasteiger partial charge in [0, 0.05) is 43.5 Å². The van der Waals surface area contributed by atoms with Gasteiger partial charge in [0.1, 0.15) is 6.10 Å². The summed E-state index contributed by atoms with van der Waals surface area (Å²) in [6.45, 7) is 1.35. The molecule has 1 saturated heterocycles. The number of carbonyl (C=O) groups is 2. The van der Waals surface area contributed by atoms with Crippen LogP contribution in [0.1, 0.15) is 42.5 Å². The zero-order valence-electron chi connectivity index (χ0n) is 15.8. The number of ether oxygens (including phenoxy) is 1. The first-order valence-corrected chi connectivity index (χ1v) is 9.97. The summed E-state index contributed by atoms with van der Waals surface area (Å²) in [5, 5.41) is 2.91. The number of piperidine rings is 1. The Morgan fingerprint density at radius 3 is 2.36 bits per heavy atom. The number of hydrogen-bond donors (Lipinski definition) is 1.